The van der Waals surface area contributed by atoms with Crippen molar-refractivity contribution in [3.05, 3.63) is 27.1 Å². The van der Waals surface area contributed by atoms with Gasteiger partial charge < -0.3 is 4.74 Å². The first-order valence-corrected chi connectivity index (χ1v) is 10.1. The average molecular weight is 377 g/mol. The molecule has 2 aromatic heterocycles. The fourth-order valence-electron chi connectivity index (χ4n) is 3.64. The maximum Gasteiger partial charge on any atom is 0.329 e. The van der Waals surface area contributed by atoms with Crippen LogP contribution in [0.1, 0.15) is 64.4 Å². The molecule has 26 heavy (non-hydrogen) atoms. The standard InChI is InChI=1S/C20H28N2O3S/c1-11(2)25-19(24)12(3)22-10-21-17-16(18(22)23)14-8-7-13(20(4,5)6)9-15(14)26-17/h10-13H,7-9H2,1-6H3/t12-,13+/m0/s1. The van der Waals surface area contributed by atoms with Crippen molar-refractivity contribution in [2.24, 2.45) is 11.3 Å². The molecule has 0 amide bonds. The number of carbonyl (C=O) groups excluding carboxylic acids is 1. The van der Waals surface area contributed by atoms with Crippen LogP contribution in [0.3, 0.4) is 0 Å². The van der Waals surface area contributed by atoms with Crippen molar-refractivity contribution in [1.29, 1.82) is 0 Å². The van der Waals surface area contributed by atoms with Crippen molar-refractivity contribution in [2.75, 3.05) is 0 Å². The molecule has 0 radical (unpaired) electrons. The molecule has 0 N–H and O–H groups in total. The van der Waals surface area contributed by atoms with Crippen molar-refractivity contribution < 1.29 is 9.53 Å². The molecule has 0 saturated carbocycles. The van der Waals surface area contributed by atoms with Crippen LogP contribution in [0.4, 0.5) is 0 Å². The van der Waals surface area contributed by atoms with Gasteiger partial charge in [-0.1, -0.05) is 20.8 Å². The number of hydrogen-bond acceptors (Lipinski definition) is 5. The molecule has 0 aromatic carbocycles. The summed E-state index contributed by atoms with van der Waals surface area (Å²) in [5, 5.41) is 0.698. The summed E-state index contributed by atoms with van der Waals surface area (Å²) in [5.41, 5.74) is 1.27. The molecule has 3 rings (SSSR count). The molecule has 6 heteroatoms. The van der Waals surface area contributed by atoms with E-state index >= 15 is 0 Å². The molecule has 0 bridgehead atoms. The summed E-state index contributed by atoms with van der Waals surface area (Å²) in [7, 11) is 0. The summed E-state index contributed by atoms with van der Waals surface area (Å²) in [4.78, 5) is 31.9. The van der Waals surface area contributed by atoms with Crippen LogP contribution in [0.25, 0.3) is 10.2 Å². The lowest BCUT2D eigenvalue weighted by Crippen LogP contribution is -2.31. The van der Waals surface area contributed by atoms with Crippen LogP contribution in [0, 0.1) is 11.3 Å². The number of aromatic nitrogens is 2. The number of esters is 1. The minimum absolute atomic E-state index is 0.130. The zero-order valence-electron chi connectivity index (χ0n) is 16.5. The zero-order chi connectivity index (χ0) is 19.2. The minimum Gasteiger partial charge on any atom is -0.461 e. The Labute approximate surface area is 158 Å². The maximum atomic E-state index is 13.1. The summed E-state index contributed by atoms with van der Waals surface area (Å²) in [6.45, 7) is 12.1. The van der Waals surface area contributed by atoms with E-state index in [0.717, 1.165) is 29.7 Å². The van der Waals surface area contributed by atoms with Crippen LogP contribution in [0.15, 0.2) is 11.1 Å². The molecule has 0 spiro atoms. The minimum atomic E-state index is -0.678. The lowest BCUT2D eigenvalue weighted by Gasteiger charge is -2.33. The van der Waals surface area contributed by atoms with Crippen molar-refractivity contribution >= 4 is 27.5 Å². The van der Waals surface area contributed by atoms with Gasteiger partial charge in [-0.2, -0.15) is 0 Å². The van der Waals surface area contributed by atoms with Gasteiger partial charge in [0.15, 0.2) is 0 Å². The van der Waals surface area contributed by atoms with E-state index in [1.54, 1.807) is 32.1 Å². The fraction of sp³-hybridized carbons (Fsp3) is 0.650. The Morgan fingerprint density at radius 1 is 1.35 bits per heavy atom. The third-order valence-electron chi connectivity index (χ3n) is 5.33. The van der Waals surface area contributed by atoms with Gasteiger partial charge in [0.2, 0.25) is 0 Å². The second kappa shape index (κ2) is 6.80. The first kappa shape index (κ1) is 19.1. The Morgan fingerprint density at radius 2 is 2.04 bits per heavy atom. The molecule has 2 heterocycles. The highest BCUT2D eigenvalue weighted by Gasteiger charge is 2.32. The average Bonchev–Trinajstić information content (AvgIpc) is 2.91. The first-order chi connectivity index (χ1) is 12.1. The molecule has 1 aliphatic rings. The largest absolute Gasteiger partial charge is 0.461 e. The number of rotatable bonds is 3. The van der Waals surface area contributed by atoms with Gasteiger partial charge in [0, 0.05) is 4.88 Å². The predicted molar refractivity (Wildman–Crippen MR) is 105 cm³/mol. The van der Waals surface area contributed by atoms with E-state index in [1.165, 1.54) is 15.8 Å². The Kier molecular flexibility index (Phi) is 4.99. The second-order valence-corrected chi connectivity index (χ2v) is 9.69. The van der Waals surface area contributed by atoms with E-state index in [2.05, 4.69) is 25.8 Å². The van der Waals surface area contributed by atoms with E-state index in [0.29, 0.717) is 11.3 Å². The molecule has 0 aliphatic heterocycles. The molecule has 2 atom stereocenters. The van der Waals surface area contributed by atoms with Crippen LogP contribution in [-0.2, 0) is 22.4 Å². The molecule has 2 aromatic rings. The second-order valence-electron chi connectivity index (χ2n) is 8.61. The third kappa shape index (κ3) is 3.43. The van der Waals surface area contributed by atoms with Gasteiger partial charge in [0.25, 0.3) is 5.56 Å². The predicted octanol–water partition coefficient (Wildman–Crippen LogP) is 4.12. The Bertz CT molecular complexity index is 889. The zero-order valence-corrected chi connectivity index (χ0v) is 17.3. The molecule has 0 unspecified atom stereocenters. The molecular formula is C20H28N2O3S. The summed E-state index contributed by atoms with van der Waals surface area (Å²) in [6.07, 6.45) is 4.27. The van der Waals surface area contributed by atoms with Crippen molar-refractivity contribution in [3.63, 3.8) is 0 Å². The fourth-order valence-corrected chi connectivity index (χ4v) is 4.90. The quantitative estimate of drug-likeness (QED) is 0.756. The molecular weight excluding hydrogens is 348 g/mol. The highest BCUT2D eigenvalue weighted by Crippen LogP contribution is 2.42. The number of aryl methyl sites for hydroxylation is 1. The Morgan fingerprint density at radius 3 is 2.65 bits per heavy atom. The maximum absolute atomic E-state index is 13.1. The summed E-state index contributed by atoms with van der Waals surface area (Å²) in [5.74, 6) is 0.213. The van der Waals surface area contributed by atoms with E-state index < -0.39 is 12.0 Å². The number of hydrogen-bond donors (Lipinski definition) is 0. The Hall–Kier alpha value is -1.69. The first-order valence-electron chi connectivity index (χ1n) is 9.31. The summed E-state index contributed by atoms with van der Waals surface area (Å²) < 4.78 is 6.67. The number of carbonyl (C=O) groups is 1. The normalized spacial score (nSPS) is 18.8. The summed E-state index contributed by atoms with van der Waals surface area (Å²) in [6, 6.07) is -0.678. The van der Waals surface area contributed by atoms with Gasteiger partial charge in [-0.3, -0.25) is 9.36 Å². The Balaban J connectivity index is 2.01. The molecule has 1 aliphatic carbocycles. The van der Waals surface area contributed by atoms with E-state index in [1.807, 2.05) is 0 Å². The highest BCUT2D eigenvalue weighted by atomic mass is 32.1. The van der Waals surface area contributed by atoms with E-state index in [4.69, 9.17) is 4.74 Å². The third-order valence-corrected chi connectivity index (χ3v) is 6.49. The van der Waals surface area contributed by atoms with Crippen LogP contribution in [-0.4, -0.2) is 21.6 Å². The molecule has 142 valence electrons. The lowest BCUT2D eigenvalue weighted by atomic mass is 9.72. The SMILES string of the molecule is CC(C)OC(=O)[C@H](C)n1cnc2sc3c(c2c1=O)CC[C@@H](C(C)(C)C)C3. The van der Waals surface area contributed by atoms with E-state index in [9.17, 15) is 9.59 Å². The molecule has 0 fully saturated rings. The topological polar surface area (TPSA) is 61.2 Å². The van der Waals surface area contributed by atoms with Gasteiger partial charge in [0.05, 0.1) is 17.8 Å². The van der Waals surface area contributed by atoms with Gasteiger partial charge >= 0.3 is 5.97 Å². The van der Waals surface area contributed by atoms with Gasteiger partial charge in [0.1, 0.15) is 10.9 Å². The smallest absolute Gasteiger partial charge is 0.329 e. The monoisotopic (exact) mass is 376 g/mol. The molecule has 5 nitrogen and oxygen atoms in total. The van der Waals surface area contributed by atoms with Gasteiger partial charge in [-0.25, -0.2) is 9.78 Å². The highest BCUT2D eigenvalue weighted by molar-refractivity contribution is 7.18. The van der Waals surface area contributed by atoms with Crippen LogP contribution >= 0.6 is 11.3 Å². The number of fused-ring (bicyclic) bond motifs is 3. The molecule has 0 saturated heterocycles. The number of nitrogens with zero attached hydrogens (tertiary/aromatic N) is 2. The van der Waals surface area contributed by atoms with Crippen LogP contribution in [0.5, 0.6) is 0 Å². The van der Waals surface area contributed by atoms with E-state index in [-0.39, 0.29) is 17.1 Å². The van der Waals surface area contributed by atoms with Crippen molar-refractivity contribution in [2.45, 2.75) is 73.0 Å². The van der Waals surface area contributed by atoms with Crippen molar-refractivity contribution in [3.8, 4) is 0 Å². The van der Waals surface area contributed by atoms with Crippen LogP contribution < -0.4 is 5.56 Å². The lowest BCUT2D eigenvalue weighted by molar-refractivity contribution is -0.151. The van der Waals surface area contributed by atoms with Gasteiger partial charge in [-0.05, 0) is 56.9 Å². The van der Waals surface area contributed by atoms with Crippen molar-refractivity contribution in [1.82, 2.24) is 9.55 Å². The number of ether oxygens (including phenoxy) is 1. The summed E-state index contributed by atoms with van der Waals surface area (Å²) >= 11 is 1.63. The van der Waals surface area contributed by atoms with Gasteiger partial charge in [-0.15, -0.1) is 11.3 Å². The van der Waals surface area contributed by atoms with Crippen LogP contribution in [0.2, 0.25) is 0 Å². The number of thiophene rings is 1.